The second-order valence-corrected chi connectivity index (χ2v) is 7.86. The highest BCUT2D eigenvalue weighted by Crippen LogP contribution is 2.30. The molecule has 7 nitrogen and oxygen atoms in total. The molecule has 0 aliphatic heterocycles. The van der Waals surface area contributed by atoms with Gasteiger partial charge in [0, 0.05) is 17.6 Å². The van der Waals surface area contributed by atoms with Crippen LogP contribution < -0.4 is 10.2 Å². The van der Waals surface area contributed by atoms with Crippen molar-refractivity contribution in [3.8, 4) is 0 Å². The molecule has 2 aromatic carbocycles. The lowest BCUT2D eigenvalue weighted by Gasteiger charge is -2.29. The molecule has 0 spiro atoms. The van der Waals surface area contributed by atoms with Crippen LogP contribution in [0.4, 0.5) is 5.69 Å². The van der Waals surface area contributed by atoms with Crippen molar-refractivity contribution in [1.82, 2.24) is 14.9 Å². The molecule has 1 atom stereocenters. The lowest BCUT2D eigenvalue weighted by Crippen LogP contribution is -2.44. The van der Waals surface area contributed by atoms with Gasteiger partial charge in [0.1, 0.15) is 5.76 Å². The van der Waals surface area contributed by atoms with Gasteiger partial charge in [-0.1, -0.05) is 47.0 Å². The van der Waals surface area contributed by atoms with E-state index in [9.17, 15) is 9.59 Å². The quantitative estimate of drug-likeness (QED) is 0.439. The van der Waals surface area contributed by atoms with Crippen molar-refractivity contribution in [3.05, 3.63) is 101 Å². The van der Waals surface area contributed by atoms with Crippen LogP contribution in [-0.2, 0) is 11.2 Å². The average molecular weight is 447 g/mol. The smallest absolute Gasteiger partial charge is 0.280 e. The minimum Gasteiger partial charge on any atom is -0.467 e. The summed E-state index contributed by atoms with van der Waals surface area (Å²) in [6.45, 7) is 2.35. The summed E-state index contributed by atoms with van der Waals surface area (Å²) in [5.74, 6) is -0.404. The molecule has 2 amide bonds. The first-order valence-corrected chi connectivity index (χ1v) is 11.0. The van der Waals surface area contributed by atoms with E-state index in [1.54, 1.807) is 23.6 Å². The van der Waals surface area contributed by atoms with Gasteiger partial charge in [-0.3, -0.25) is 14.5 Å². The van der Waals surface area contributed by atoms with Crippen molar-refractivity contribution >= 4 is 29.0 Å². The Morgan fingerprint density at radius 1 is 1.09 bits per heavy atom. The van der Waals surface area contributed by atoms with Crippen LogP contribution in [0.5, 0.6) is 0 Å². The normalized spacial score (nSPS) is 11.7. The Bertz CT molecular complexity index is 1160. The van der Waals surface area contributed by atoms with Crippen LogP contribution in [0.25, 0.3) is 0 Å². The lowest BCUT2D eigenvalue weighted by molar-refractivity contribution is -0.122. The summed E-state index contributed by atoms with van der Waals surface area (Å²) in [6, 6.07) is 19.7. The summed E-state index contributed by atoms with van der Waals surface area (Å²) in [5, 5.41) is 8.45. The summed E-state index contributed by atoms with van der Waals surface area (Å²) in [7, 11) is 0. The summed E-state index contributed by atoms with van der Waals surface area (Å²) >= 11 is 1.08. The van der Waals surface area contributed by atoms with E-state index in [1.165, 1.54) is 11.2 Å². The number of hydrogen-bond acceptors (Lipinski definition) is 6. The standard InChI is InChI=1S/C24H22N4O3S/c1-17-7-5-10-19(15-17)28(24(30)20-16-32-27-26-20)22(21-11-6-14-31-21)23(29)25-13-12-18-8-3-2-4-9-18/h2-11,14-16,22H,12-13H2,1H3,(H,25,29). The Morgan fingerprint density at radius 3 is 2.62 bits per heavy atom. The van der Waals surface area contributed by atoms with Gasteiger partial charge in [-0.15, -0.1) is 5.10 Å². The zero-order valence-corrected chi connectivity index (χ0v) is 18.3. The predicted octanol–water partition coefficient (Wildman–Crippen LogP) is 4.19. The Balaban J connectivity index is 1.66. The van der Waals surface area contributed by atoms with E-state index in [0.717, 1.165) is 22.7 Å². The van der Waals surface area contributed by atoms with E-state index in [-0.39, 0.29) is 11.6 Å². The second-order valence-electron chi connectivity index (χ2n) is 7.25. The zero-order valence-electron chi connectivity index (χ0n) is 17.5. The molecule has 1 unspecified atom stereocenters. The number of amides is 2. The van der Waals surface area contributed by atoms with Gasteiger partial charge >= 0.3 is 0 Å². The minimum absolute atomic E-state index is 0.171. The molecule has 1 N–H and O–H groups in total. The predicted molar refractivity (Wildman–Crippen MR) is 123 cm³/mol. The first kappa shape index (κ1) is 21.5. The minimum atomic E-state index is -1.00. The second kappa shape index (κ2) is 10.0. The van der Waals surface area contributed by atoms with Crippen LogP contribution in [0.2, 0.25) is 0 Å². The van der Waals surface area contributed by atoms with Gasteiger partial charge in [0.05, 0.1) is 6.26 Å². The summed E-state index contributed by atoms with van der Waals surface area (Å²) in [6.07, 6.45) is 2.16. The van der Waals surface area contributed by atoms with Crippen molar-refractivity contribution in [3.63, 3.8) is 0 Å². The van der Waals surface area contributed by atoms with Crippen LogP contribution >= 0.6 is 11.5 Å². The molecule has 4 rings (SSSR count). The number of aromatic nitrogens is 2. The fraction of sp³-hybridized carbons (Fsp3) is 0.167. The summed E-state index contributed by atoms with van der Waals surface area (Å²) in [4.78, 5) is 28.3. The molecule has 0 saturated carbocycles. The van der Waals surface area contributed by atoms with Crippen LogP contribution in [0, 0.1) is 6.92 Å². The van der Waals surface area contributed by atoms with E-state index in [2.05, 4.69) is 14.9 Å². The molecule has 162 valence electrons. The Kier molecular flexibility index (Phi) is 6.72. The highest BCUT2D eigenvalue weighted by molar-refractivity contribution is 7.03. The number of benzene rings is 2. The third kappa shape index (κ3) is 4.92. The van der Waals surface area contributed by atoms with Gasteiger partial charge in [-0.05, 0) is 60.3 Å². The highest BCUT2D eigenvalue weighted by atomic mass is 32.1. The number of hydrogen-bond donors (Lipinski definition) is 1. The van der Waals surface area contributed by atoms with Crippen molar-refractivity contribution in [2.24, 2.45) is 0 Å². The maximum absolute atomic E-state index is 13.5. The highest BCUT2D eigenvalue weighted by Gasteiger charge is 2.36. The van der Waals surface area contributed by atoms with Crippen molar-refractivity contribution < 1.29 is 14.0 Å². The monoisotopic (exact) mass is 446 g/mol. The molecule has 0 fully saturated rings. The maximum atomic E-state index is 13.5. The number of nitrogens with zero attached hydrogens (tertiary/aromatic N) is 3. The van der Waals surface area contributed by atoms with Crippen LogP contribution in [0.3, 0.4) is 0 Å². The molecule has 32 heavy (non-hydrogen) atoms. The number of carbonyl (C=O) groups is 2. The van der Waals surface area contributed by atoms with Crippen molar-refractivity contribution in [1.29, 1.82) is 0 Å². The van der Waals surface area contributed by atoms with E-state index in [1.807, 2.05) is 55.5 Å². The Morgan fingerprint density at radius 2 is 1.94 bits per heavy atom. The topological polar surface area (TPSA) is 88.3 Å². The SMILES string of the molecule is Cc1cccc(N(C(=O)c2csnn2)C(C(=O)NCCc2ccccc2)c2ccco2)c1. The molecule has 0 aliphatic rings. The van der Waals surface area contributed by atoms with E-state index in [4.69, 9.17) is 4.42 Å². The average Bonchev–Trinajstić information content (AvgIpc) is 3.52. The number of carbonyl (C=O) groups excluding carboxylic acids is 2. The summed E-state index contributed by atoms with van der Waals surface area (Å²) in [5.41, 5.74) is 2.81. The first-order valence-electron chi connectivity index (χ1n) is 10.2. The largest absolute Gasteiger partial charge is 0.467 e. The van der Waals surface area contributed by atoms with E-state index in [0.29, 0.717) is 24.4 Å². The Labute approximate surface area is 189 Å². The van der Waals surface area contributed by atoms with Crippen LogP contribution in [0.15, 0.2) is 82.8 Å². The molecule has 0 saturated heterocycles. The summed E-state index contributed by atoms with van der Waals surface area (Å²) < 4.78 is 9.40. The number of anilines is 1. The molecule has 2 heterocycles. The molecular weight excluding hydrogens is 424 g/mol. The first-order chi connectivity index (χ1) is 15.6. The van der Waals surface area contributed by atoms with Gasteiger partial charge in [0.25, 0.3) is 11.8 Å². The number of aryl methyl sites for hydroxylation is 1. The molecule has 0 radical (unpaired) electrons. The van der Waals surface area contributed by atoms with E-state index < -0.39 is 11.9 Å². The number of rotatable bonds is 8. The zero-order chi connectivity index (χ0) is 22.3. The lowest BCUT2D eigenvalue weighted by atomic mass is 10.1. The van der Waals surface area contributed by atoms with Gasteiger partial charge in [0.15, 0.2) is 11.7 Å². The van der Waals surface area contributed by atoms with E-state index >= 15 is 0 Å². The third-order valence-corrected chi connectivity index (χ3v) is 5.46. The third-order valence-electron chi connectivity index (χ3n) is 4.95. The number of nitrogens with one attached hydrogen (secondary N) is 1. The fourth-order valence-electron chi connectivity index (χ4n) is 3.43. The molecule has 0 bridgehead atoms. The van der Waals surface area contributed by atoms with Gasteiger partial charge in [-0.25, -0.2) is 0 Å². The Hall–Kier alpha value is -3.78. The van der Waals surface area contributed by atoms with Crippen molar-refractivity contribution in [2.45, 2.75) is 19.4 Å². The fourth-order valence-corrected chi connectivity index (χ4v) is 3.86. The molecule has 2 aromatic heterocycles. The molecule has 4 aromatic rings. The van der Waals surface area contributed by atoms with Gasteiger partial charge in [-0.2, -0.15) is 0 Å². The molecular formula is C24H22N4O3S. The maximum Gasteiger partial charge on any atom is 0.280 e. The molecule has 8 heteroatoms. The van der Waals surface area contributed by atoms with Crippen LogP contribution in [0.1, 0.15) is 33.4 Å². The van der Waals surface area contributed by atoms with Crippen molar-refractivity contribution in [2.75, 3.05) is 11.4 Å². The van der Waals surface area contributed by atoms with Gasteiger partial charge < -0.3 is 9.73 Å². The molecule has 0 aliphatic carbocycles. The van der Waals surface area contributed by atoms with Gasteiger partial charge in [0.2, 0.25) is 0 Å². The van der Waals surface area contributed by atoms with Crippen LogP contribution in [-0.4, -0.2) is 27.9 Å². The number of furan rings is 1.